The first-order valence-electron chi connectivity index (χ1n) is 7.83. The Morgan fingerprint density at radius 2 is 2.22 bits per heavy atom. The van der Waals surface area contributed by atoms with Crippen LogP contribution in [0, 0.1) is 0 Å². The van der Waals surface area contributed by atoms with Crippen LogP contribution in [0.25, 0.3) is 11.5 Å². The standard InChI is InChI=1S/C15H19N5O2S/c1-21-12-8-11(16-9-17-12)13-19-14(22-20-13)10-2-5-18-15(10)3-6-23-7-4-15/h8-10,18H,2-7H2,1H3. The summed E-state index contributed by atoms with van der Waals surface area (Å²) in [5.74, 6) is 4.36. The van der Waals surface area contributed by atoms with Crippen molar-refractivity contribution in [3.8, 4) is 17.4 Å². The van der Waals surface area contributed by atoms with E-state index < -0.39 is 0 Å². The topological polar surface area (TPSA) is 86.0 Å². The minimum atomic E-state index is 0.123. The van der Waals surface area contributed by atoms with Gasteiger partial charge in [-0.05, 0) is 37.3 Å². The molecule has 2 saturated heterocycles. The molecule has 4 heterocycles. The first-order chi connectivity index (χ1) is 11.3. The van der Waals surface area contributed by atoms with Crippen LogP contribution in [-0.4, -0.2) is 50.8 Å². The molecule has 23 heavy (non-hydrogen) atoms. The molecular weight excluding hydrogens is 314 g/mol. The van der Waals surface area contributed by atoms with Gasteiger partial charge in [0.05, 0.1) is 13.0 Å². The molecule has 0 radical (unpaired) electrons. The van der Waals surface area contributed by atoms with Gasteiger partial charge in [0.15, 0.2) is 0 Å². The van der Waals surface area contributed by atoms with Crippen molar-refractivity contribution < 1.29 is 9.26 Å². The summed E-state index contributed by atoms with van der Waals surface area (Å²) in [6.07, 6.45) is 4.79. The fourth-order valence-electron chi connectivity index (χ4n) is 3.54. The second-order valence-electron chi connectivity index (χ2n) is 5.94. The van der Waals surface area contributed by atoms with Gasteiger partial charge in [0.1, 0.15) is 12.0 Å². The van der Waals surface area contributed by atoms with Crippen molar-refractivity contribution in [3.63, 3.8) is 0 Å². The molecule has 7 nitrogen and oxygen atoms in total. The number of aromatic nitrogens is 4. The molecule has 2 aliphatic heterocycles. The van der Waals surface area contributed by atoms with Gasteiger partial charge in [-0.25, -0.2) is 9.97 Å². The van der Waals surface area contributed by atoms with Crippen molar-refractivity contribution in [1.82, 2.24) is 25.4 Å². The van der Waals surface area contributed by atoms with E-state index in [9.17, 15) is 0 Å². The summed E-state index contributed by atoms with van der Waals surface area (Å²) in [7, 11) is 1.57. The first kappa shape index (κ1) is 14.9. The molecule has 122 valence electrons. The SMILES string of the molecule is COc1cc(-c2noc(C3CCNC34CCSCC4)n2)ncn1. The van der Waals surface area contributed by atoms with E-state index in [1.165, 1.54) is 17.8 Å². The molecule has 0 bridgehead atoms. The third-order valence-corrected chi connectivity index (χ3v) is 5.77. The largest absolute Gasteiger partial charge is 0.481 e. The highest BCUT2D eigenvalue weighted by atomic mass is 32.2. The zero-order valence-electron chi connectivity index (χ0n) is 13.0. The van der Waals surface area contributed by atoms with Crippen LogP contribution in [0.1, 0.15) is 31.1 Å². The van der Waals surface area contributed by atoms with Gasteiger partial charge < -0.3 is 14.6 Å². The van der Waals surface area contributed by atoms with Gasteiger partial charge in [-0.2, -0.15) is 16.7 Å². The first-order valence-corrected chi connectivity index (χ1v) is 8.99. The quantitative estimate of drug-likeness (QED) is 0.911. The molecule has 1 N–H and O–H groups in total. The molecule has 2 aromatic heterocycles. The number of methoxy groups -OCH3 is 1. The Labute approximate surface area is 138 Å². The molecule has 0 aliphatic carbocycles. The molecule has 1 spiro atoms. The zero-order valence-corrected chi connectivity index (χ0v) is 13.8. The van der Waals surface area contributed by atoms with E-state index in [-0.39, 0.29) is 11.5 Å². The van der Waals surface area contributed by atoms with Gasteiger partial charge in [-0.1, -0.05) is 5.16 Å². The number of nitrogens with zero attached hydrogens (tertiary/aromatic N) is 4. The molecule has 1 atom stereocenters. The normalized spacial score (nSPS) is 23.3. The van der Waals surface area contributed by atoms with E-state index in [4.69, 9.17) is 9.26 Å². The number of hydrogen-bond acceptors (Lipinski definition) is 8. The second kappa shape index (κ2) is 6.09. The van der Waals surface area contributed by atoms with Gasteiger partial charge in [0.2, 0.25) is 17.6 Å². The van der Waals surface area contributed by atoms with Gasteiger partial charge >= 0.3 is 0 Å². The van der Waals surface area contributed by atoms with Crippen molar-refractivity contribution >= 4 is 11.8 Å². The highest BCUT2D eigenvalue weighted by Gasteiger charge is 2.46. The lowest BCUT2D eigenvalue weighted by Crippen LogP contribution is -2.46. The van der Waals surface area contributed by atoms with Crippen molar-refractivity contribution in [3.05, 3.63) is 18.3 Å². The lowest BCUT2D eigenvalue weighted by molar-refractivity contribution is 0.257. The second-order valence-corrected chi connectivity index (χ2v) is 7.16. The Morgan fingerprint density at radius 1 is 1.35 bits per heavy atom. The number of hydrogen-bond donors (Lipinski definition) is 1. The van der Waals surface area contributed by atoms with Gasteiger partial charge in [0, 0.05) is 11.6 Å². The Kier molecular flexibility index (Phi) is 3.94. The summed E-state index contributed by atoms with van der Waals surface area (Å²) in [5.41, 5.74) is 0.740. The van der Waals surface area contributed by atoms with E-state index >= 15 is 0 Å². The summed E-state index contributed by atoms with van der Waals surface area (Å²) in [4.78, 5) is 12.8. The molecule has 2 aromatic rings. The predicted octanol–water partition coefficient (Wildman–Crippen LogP) is 1.88. The van der Waals surface area contributed by atoms with Gasteiger partial charge in [-0.15, -0.1) is 0 Å². The fraction of sp³-hybridized carbons (Fsp3) is 0.600. The van der Waals surface area contributed by atoms with Crippen LogP contribution in [0.15, 0.2) is 16.9 Å². The van der Waals surface area contributed by atoms with Crippen molar-refractivity contribution in [2.24, 2.45) is 0 Å². The average molecular weight is 333 g/mol. The van der Waals surface area contributed by atoms with Crippen molar-refractivity contribution in [1.29, 1.82) is 0 Å². The Hall–Kier alpha value is -1.67. The predicted molar refractivity (Wildman–Crippen MR) is 86.5 cm³/mol. The highest BCUT2D eigenvalue weighted by Crippen LogP contribution is 2.43. The fourth-order valence-corrected chi connectivity index (χ4v) is 4.76. The zero-order chi connectivity index (χ0) is 15.7. The Morgan fingerprint density at radius 3 is 3.04 bits per heavy atom. The average Bonchev–Trinajstić information content (AvgIpc) is 3.23. The van der Waals surface area contributed by atoms with E-state index in [0.717, 1.165) is 31.7 Å². The van der Waals surface area contributed by atoms with Crippen molar-refractivity contribution in [2.45, 2.75) is 30.7 Å². The maximum absolute atomic E-state index is 5.59. The summed E-state index contributed by atoms with van der Waals surface area (Å²) < 4.78 is 10.7. The van der Waals surface area contributed by atoms with Gasteiger partial charge in [-0.3, -0.25) is 0 Å². The number of nitrogens with one attached hydrogen (secondary N) is 1. The van der Waals surface area contributed by atoms with Crippen LogP contribution in [0.3, 0.4) is 0 Å². The molecule has 1 unspecified atom stereocenters. The van der Waals surface area contributed by atoms with Crippen LogP contribution in [0.5, 0.6) is 5.88 Å². The molecule has 2 aliphatic rings. The maximum atomic E-state index is 5.59. The smallest absolute Gasteiger partial charge is 0.232 e. The van der Waals surface area contributed by atoms with Gasteiger partial charge in [0.25, 0.3) is 0 Å². The Bertz CT molecular complexity index is 686. The molecular formula is C15H19N5O2S. The third-order valence-electron chi connectivity index (χ3n) is 4.78. The number of rotatable bonds is 3. The summed E-state index contributed by atoms with van der Waals surface area (Å²) in [5, 5.41) is 7.82. The minimum Gasteiger partial charge on any atom is -0.481 e. The molecule has 8 heteroatoms. The lowest BCUT2D eigenvalue weighted by atomic mass is 9.80. The summed E-state index contributed by atoms with van der Waals surface area (Å²) >= 11 is 2.02. The molecule has 2 fully saturated rings. The summed E-state index contributed by atoms with van der Waals surface area (Å²) in [6, 6.07) is 1.72. The van der Waals surface area contributed by atoms with Crippen LogP contribution in [0.2, 0.25) is 0 Å². The monoisotopic (exact) mass is 333 g/mol. The summed E-state index contributed by atoms with van der Waals surface area (Å²) in [6.45, 7) is 1.01. The van der Waals surface area contributed by atoms with Crippen LogP contribution in [-0.2, 0) is 0 Å². The van der Waals surface area contributed by atoms with E-state index in [0.29, 0.717) is 17.4 Å². The molecule has 0 amide bonds. The van der Waals surface area contributed by atoms with E-state index in [2.05, 4.69) is 25.4 Å². The third kappa shape index (κ3) is 2.70. The minimum absolute atomic E-state index is 0.123. The molecule has 0 aromatic carbocycles. The van der Waals surface area contributed by atoms with Crippen LogP contribution in [0.4, 0.5) is 0 Å². The van der Waals surface area contributed by atoms with E-state index in [1.54, 1.807) is 13.2 Å². The highest BCUT2D eigenvalue weighted by molar-refractivity contribution is 7.99. The lowest BCUT2D eigenvalue weighted by Gasteiger charge is -2.37. The maximum Gasteiger partial charge on any atom is 0.232 e. The number of ether oxygens (including phenoxy) is 1. The van der Waals surface area contributed by atoms with E-state index in [1.807, 2.05) is 11.8 Å². The van der Waals surface area contributed by atoms with Crippen LogP contribution >= 0.6 is 11.8 Å². The number of thioether (sulfide) groups is 1. The van der Waals surface area contributed by atoms with Crippen LogP contribution < -0.4 is 10.1 Å². The molecule has 4 rings (SSSR count). The van der Waals surface area contributed by atoms with Crippen molar-refractivity contribution in [2.75, 3.05) is 25.2 Å². The molecule has 0 saturated carbocycles. The Balaban J connectivity index is 1.62.